The molecule has 3 heterocycles. The summed E-state index contributed by atoms with van der Waals surface area (Å²) in [7, 11) is 0. The fourth-order valence-electron chi connectivity index (χ4n) is 4.46. The molecular formula is C21H30N4O3. The van der Waals surface area contributed by atoms with E-state index in [4.69, 9.17) is 4.74 Å². The van der Waals surface area contributed by atoms with Crippen molar-refractivity contribution >= 4 is 11.8 Å². The fraction of sp³-hybridized carbons (Fsp3) is 0.619. The largest absolute Gasteiger partial charge is 0.366 e. The van der Waals surface area contributed by atoms with Crippen molar-refractivity contribution in [3.05, 3.63) is 35.9 Å². The number of carbonyl (C=O) groups is 2. The molecule has 2 unspecified atom stereocenters. The second kappa shape index (κ2) is 9.03. The summed E-state index contributed by atoms with van der Waals surface area (Å²) in [5, 5.41) is 3.12. The van der Waals surface area contributed by atoms with Gasteiger partial charge in [-0.3, -0.25) is 14.5 Å². The SMILES string of the molecule is O=C(C1CN(Cc2ccccc2)CCO1)N1CCCC(N2CCNCC2=O)C1. The van der Waals surface area contributed by atoms with Gasteiger partial charge in [0.2, 0.25) is 5.91 Å². The highest BCUT2D eigenvalue weighted by atomic mass is 16.5. The number of carbonyl (C=O) groups excluding carboxylic acids is 2. The first-order valence-corrected chi connectivity index (χ1v) is 10.4. The maximum atomic E-state index is 13.1. The Hall–Kier alpha value is -1.96. The number of morpholine rings is 1. The van der Waals surface area contributed by atoms with Crippen LogP contribution in [0.15, 0.2) is 30.3 Å². The first-order chi connectivity index (χ1) is 13.7. The predicted octanol–water partition coefficient (Wildman–Crippen LogP) is 0.310. The molecule has 3 aliphatic heterocycles. The molecular weight excluding hydrogens is 356 g/mol. The Kier molecular flexibility index (Phi) is 6.24. The summed E-state index contributed by atoms with van der Waals surface area (Å²) in [5.41, 5.74) is 1.26. The van der Waals surface area contributed by atoms with Gasteiger partial charge in [-0.1, -0.05) is 30.3 Å². The molecule has 3 saturated heterocycles. The molecule has 7 nitrogen and oxygen atoms in total. The molecule has 7 heteroatoms. The molecule has 28 heavy (non-hydrogen) atoms. The van der Waals surface area contributed by atoms with E-state index in [1.54, 1.807) is 0 Å². The minimum Gasteiger partial charge on any atom is -0.366 e. The summed E-state index contributed by atoms with van der Waals surface area (Å²) in [6.45, 7) is 6.25. The van der Waals surface area contributed by atoms with Crippen LogP contribution in [0.2, 0.25) is 0 Å². The van der Waals surface area contributed by atoms with Crippen LogP contribution < -0.4 is 5.32 Å². The zero-order valence-electron chi connectivity index (χ0n) is 16.4. The topological polar surface area (TPSA) is 65.1 Å². The normalized spacial score (nSPS) is 27.1. The average molecular weight is 386 g/mol. The molecule has 0 aliphatic carbocycles. The van der Waals surface area contributed by atoms with Crippen molar-refractivity contribution in [1.29, 1.82) is 0 Å². The number of amides is 2. The number of benzene rings is 1. The van der Waals surface area contributed by atoms with Crippen molar-refractivity contribution in [1.82, 2.24) is 20.0 Å². The highest BCUT2D eigenvalue weighted by Crippen LogP contribution is 2.20. The number of likely N-dealkylation sites (tertiary alicyclic amines) is 1. The van der Waals surface area contributed by atoms with E-state index in [0.29, 0.717) is 26.2 Å². The van der Waals surface area contributed by atoms with Crippen molar-refractivity contribution in [3.8, 4) is 0 Å². The number of hydrogen-bond donors (Lipinski definition) is 1. The Balaban J connectivity index is 1.34. The number of rotatable bonds is 4. The van der Waals surface area contributed by atoms with Crippen LogP contribution >= 0.6 is 0 Å². The van der Waals surface area contributed by atoms with Crippen LogP contribution in [0.3, 0.4) is 0 Å². The van der Waals surface area contributed by atoms with Gasteiger partial charge >= 0.3 is 0 Å². The molecule has 3 fully saturated rings. The van der Waals surface area contributed by atoms with Gasteiger partial charge in [0, 0.05) is 51.9 Å². The predicted molar refractivity (Wildman–Crippen MR) is 106 cm³/mol. The molecule has 4 rings (SSSR count). The number of piperazine rings is 1. The quantitative estimate of drug-likeness (QED) is 0.807. The maximum Gasteiger partial charge on any atom is 0.253 e. The van der Waals surface area contributed by atoms with E-state index in [9.17, 15) is 9.59 Å². The van der Waals surface area contributed by atoms with E-state index in [1.807, 2.05) is 28.0 Å². The molecule has 1 aromatic rings. The van der Waals surface area contributed by atoms with Crippen LogP contribution in [-0.2, 0) is 20.9 Å². The van der Waals surface area contributed by atoms with Gasteiger partial charge in [-0.2, -0.15) is 0 Å². The second-order valence-corrected chi connectivity index (χ2v) is 7.92. The maximum absolute atomic E-state index is 13.1. The van der Waals surface area contributed by atoms with Crippen LogP contribution in [0.4, 0.5) is 0 Å². The minimum absolute atomic E-state index is 0.0741. The first-order valence-electron chi connectivity index (χ1n) is 10.4. The standard InChI is InChI=1S/C21H30N4O3/c26-20-13-22-8-10-25(20)18-7-4-9-24(15-18)21(27)19-16-23(11-12-28-19)14-17-5-2-1-3-6-17/h1-3,5-6,18-19,22H,4,7-16H2. The summed E-state index contributed by atoms with van der Waals surface area (Å²) < 4.78 is 5.84. The van der Waals surface area contributed by atoms with Gasteiger partial charge in [0.1, 0.15) is 6.10 Å². The van der Waals surface area contributed by atoms with Crippen LogP contribution in [0.1, 0.15) is 18.4 Å². The van der Waals surface area contributed by atoms with Gasteiger partial charge in [0.05, 0.1) is 13.2 Å². The second-order valence-electron chi connectivity index (χ2n) is 7.92. The molecule has 0 saturated carbocycles. The summed E-state index contributed by atoms with van der Waals surface area (Å²) in [6.07, 6.45) is 1.50. The Morgan fingerprint density at radius 3 is 2.82 bits per heavy atom. The monoisotopic (exact) mass is 386 g/mol. The first kappa shape index (κ1) is 19.4. The number of ether oxygens (including phenoxy) is 1. The highest BCUT2D eigenvalue weighted by molar-refractivity contribution is 5.82. The molecule has 0 bridgehead atoms. The van der Waals surface area contributed by atoms with E-state index >= 15 is 0 Å². The van der Waals surface area contributed by atoms with Gasteiger partial charge in [0.25, 0.3) is 5.91 Å². The lowest BCUT2D eigenvalue weighted by Crippen LogP contribution is -2.59. The lowest BCUT2D eigenvalue weighted by atomic mass is 10.0. The molecule has 152 valence electrons. The number of hydrogen-bond acceptors (Lipinski definition) is 5. The molecule has 2 amide bonds. The lowest BCUT2D eigenvalue weighted by molar-refractivity contribution is -0.153. The van der Waals surface area contributed by atoms with E-state index < -0.39 is 6.10 Å². The zero-order chi connectivity index (χ0) is 19.3. The molecule has 0 spiro atoms. The van der Waals surface area contributed by atoms with E-state index in [1.165, 1.54) is 5.56 Å². The Bertz CT molecular complexity index is 683. The number of nitrogens with zero attached hydrogens (tertiary/aromatic N) is 3. The van der Waals surface area contributed by atoms with E-state index in [0.717, 1.165) is 45.6 Å². The Morgan fingerprint density at radius 2 is 2.00 bits per heavy atom. The van der Waals surface area contributed by atoms with Crippen LogP contribution in [0.5, 0.6) is 0 Å². The van der Waals surface area contributed by atoms with E-state index in [2.05, 4.69) is 22.3 Å². The van der Waals surface area contributed by atoms with Crippen molar-refractivity contribution < 1.29 is 14.3 Å². The molecule has 1 aromatic carbocycles. The van der Waals surface area contributed by atoms with Crippen LogP contribution in [0.25, 0.3) is 0 Å². The van der Waals surface area contributed by atoms with Crippen LogP contribution in [0, 0.1) is 0 Å². The number of piperidine rings is 1. The van der Waals surface area contributed by atoms with Crippen molar-refractivity contribution in [2.75, 3.05) is 52.4 Å². The third-order valence-corrected chi connectivity index (χ3v) is 5.95. The highest BCUT2D eigenvalue weighted by Gasteiger charge is 2.35. The molecule has 0 radical (unpaired) electrons. The molecule has 3 aliphatic rings. The number of nitrogens with one attached hydrogen (secondary N) is 1. The molecule has 0 aromatic heterocycles. The zero-order valence-corrected chi connectivity index (χ0v) is 16.4. The smallest absolute Gasteiger partial charge is 0.253 e. The van der Waals surface area contributed by atoms with Gasteiger partial charge in [0.15, 0.2) is 0 Å². The Morgan fingerprint density at radius 1 is 1.14 bits per heavy atom. The van der Waals surface area contributed by atoms with Crippen molar-refractivity contribution in [2.24, 2.45) is 0 Å². The molecule has 1 N–H and O–H groups in total. The minimum atomic E-state index is -0.407. The van der Waals surface area contributed by atoms with Gasteiger partial charge in [-0.25, -0.2) is 0 Å². The van der Waals surface area contributed by atoms with Crippen molar-refractivity contribution in [3.63, 3.8) is 0 Å². The van der Waals surface area contributed by atoms with Gasteiger partial charge < -0.3 is 19.9 Å². The molecule has 2 atom stereocenters. The van der Waals surface area contributed by atoms with Gasteiger partial charge in [-0.05, 0) is 18.4 Å². The average Bonchev–Trinajstić information content (AvgIpc) is 2.74. The van der Waals surface area contributed by atoms with E-state index in [-0.39, 0.29) is 17.9 Å². The summed E-state index contributed by atoms with van der Waals surface area (Å²) in [5.74, 6) is 0.221. The third-order valence-electron chi connectivity index (χ3n) is 5.95. The van der Waals surface area contributed by atoms with Crippen LogP contribution in [-0.4, -0.2) is 91.1 Å². The summed E-state index contributed by atoms with van der Waals surface area (Å²) in [6, 6.07) is 10.5. The third kappa shape index (κ3) is 4.54. The van der Waals surface area contributed by atoms with Gasteiger partial charge in [-0.15, -0.1) is 0 Å². The summed E-state index contributed by atoms with van der Waals surface area (Å²) in [4.78, 5) is 31.5. The summed E-state index contributed by atoms with van der Waals surface area (Å²) >= 11 is 0. The van der Waals surface area contributed by atoms with Crippen molar-refractivity contribution in [2.45, 2.75) is 31.5 Å². The Labute approximate surface area is 166 Å². The lowest BCUT2D eigenvalue weighted by Gasteiger charge is -2.42. The fourth-order valence-corrected chi connectivity index (χ4v) is 4.46.